The first kappa shape index (κ1) is 34.0. The van der Waals surface area contributed by atoms with Gasteiger partial charge >= 0.3 is 24.4 Å². The van der Waals surface area contributed by atoms with Crippen LogP contribution in [0.25, 0.3) is 6.08 Å². The van der Waals surface area contributed by atoms with Gasteiger partial charge in [0.15, 0.2) is 0 Å². The van der Waals surface area contributed by atoms with Crippen molar-refractivity contribution >= 4 is 29.8 Å². The molecule has 1 unspecified atom stereocenters. The molecule has 1 aliphatic heterocycles. The fourth-order valence-corrected chi connectivity index (χ4v) is 5.11. The molecule has 0 saturated heterocycles. The number of ether oxygens (including phenoxy) is 2. The van der Waals surface area contributed by atoms with Gasteiger partial charge < -0.3 is 19.5 Å². The molecule has 1 aliphatic rings. The van der Waals surface area contributed by atoms with Crippen LogP contribution in [0.4, 0.5) is 42.8 Å². The molecule has 1 N–H and O–H groups in total. The van der Waals surface area contributed by atoms with E-state index in [0.717, 1.165) is 6.08 Å². The van der Waals surface area contributed by atoms with Gasteiger partial charge in [-0.15, -0.1) is 0 Å². The van der Waals surface area contributed by atoms with Crippen molar-refractivity contribution in [3.05, 3.63) is 76.7 Å². The molecule has 0 spiro atoms. The Kier molecular flexibility index (Phi) is 10.1. The first-order valence-electron chi connectivity index (χ1n) is 13.9. The Labute approximate surface area is 259 Å². The lowest BCUT2D eigenvalue weighted by molar-refractivity contribution is -0.143. The van der Waals surface area contributed by atoms with Gasteiger partial charge in [-0.05, 0) is 55.7 Å². The van der Waals surface area contributed by atoms with Crippen LogP contribution in [0.5, 0.6) is 5.88 Å². The zero-order valence-corrected chi connectivity index (χ0v) is 24.8. The maximum atomic E-state index is 13.8. The van der Waals surface area contributed by atoms with E-state index >= 15 is 0 Å². The molecule has 0 bridgehead atoms. The molecule has 246 valence electrons. The zero-order valence-electron chi connectivity index (χ0n) is 24.8. The molecule has 2 atom stereocenters. The molecule has 1 aromatic carbocycles. The van der Waals surface area contributed by atoms with Gasteiger partial charge in [-0.1, -0.05) is 6.92 Å². The lowest BCUT2D eigenvalue weighted by atomic mass is 9.92. The molecule has 0 aliphatic carbocycles. The minimum Gasteiger partial charge on any atom is -0.481 e. The Hall–Kier alpha value is -4.89. The smallest absolute Gasteiger partial charge is 0.416 e. The lowest BCUT2D eigenvalue weighted by Gasteiger charge is -2.43. The van der Waals surface area contributed by atoms with Crippen LogP contribution in [0.3, 0.4) is 0 Å². The number of alkyl halides is 6. The number of anilines is 2. The van der Waals surface area contributed by atoms with Gasteiger partial charge in [-0.25, -0.2) is 24.5 Å². The van der Waals surface area contributed by atoms with E-state index in [2.05, 4.69) is 15.0 Å². The molecule has 1 amide bonds. The molecule has 0 radical (unpaired) electrons. The topological polar surface area (TPSA) is 118 Å². The highest BCUT2D eigenvalue weighted by molar-refractivity contribution is 5.90. The molecule has 10 nitrogen and oxygen atoms in total. The second-order valence-electron chi connectivity index (χ2n) is 10.2. The van der Waals surface area contributed by atoms with Gasteiger partial charge in [-0.2, -0.15) is 26.3 Å². The largest absolute Gasteiger partial charge is 0.481 e. The van der Waals surface area contributed by atoms with Gasteiger partial charge in [0.05, 0.1) is 42.3 Å². The number of carbonyl (C=O) groups is 2. The highest BCUT2D eigenvalue weighted by Crippen LogP contribution is 2.44. The summed E-state index contributed by atoms with van der Waals surface area (Å²) in [6, 6.07) is 2.95. The number of hydrogen-bond acceptors (Lipinski definition) is 8. The van der Waals surface area contributed by atoms with Crippen LogP contribution >= 0.6 is 0 Å². The number of carboxylic acid groups (broad SMARTS) is 1. The number of aliphatic carboxylic acids is 1. The minimum atomic E-state index is -5.07. The Morgan fingerprint density at radius 1 is 1.04 bits per heavy atom. The van der Waals surface area contributed by atoms with Crippen molar-refractivity contribution in [1.29, 1.82) is 0 Å². The number of nitrogens with zero attached hydrogens (tertiary/aromatic N) is 5. The number of carbonyl (C=O) groups excluding carboxylic acids is 1. The first-order chi connectivity index (χ1) is 21.7. The van der Waals surface area contributed by atoms with Crippen LogP contribution in [0.1, 0.15) is 60.7 Å². The normalized spacial score (nSPS) is 16.7. The summed E-state index contributed by atoms with van der Waals surface area (Å²) in [7, 11) is 1.36. The molecule has 16 heteroatoms. The monoisotopic (exact) mass is 653 g/mol. The van der Waals surface area contributed by atoms with Crippen molar-refractivity contribution in [2.75, 3.05) is 23.5 Å². The Morgan fingerprint density at radius 2 is 1.67 bits per heavy atom. The van der Waals surface area contributed by atoms with E-state index in [1.54, 1.807) is 13.0 Å². The zero-order chi connectivity index (χ0) is 33.8. The van der Waals surface area contributed by atoms with Crippen molar-refractivity contribution < 1.29 is 50.5 Å². The Balaban J connectivity index is 1.92. The third kappa shape index (κ3) is 7.66. The SMILES string of the molecule is CCOC(=O)N1c2ccc(OC)nc2C(N(Cc2cc(C(F)(F)F)cc(C(F)(F)F)c2)c2ncc(/C=C/C(=O)O)cn2)C[C@H]1CC. The van der Waals surface area contributed by atoms with E-state index in [-0.39, 0.29) is 47.7 Å². The fourth-order valence-electron chi connectivity index (χ4n) is 5.11. The molecule has 46 heavy (non-hydrogen) atoms. The first-order valence-corrected chi connectivity index (χ1v) is 13.9. The number of aromatic nitrogens is 3. The Morgan fingerprint density at radius 3 is 2.20 bits per heavy atom. The third-order valence-electron chi connectivity index (χ3n) is 7.17. The number of pyridine rings is 1. The maximum absolute atomic E-state index is 13.8. The summed E-state index contributed by atoms with van der Waals surface area (Å²) in [5.74, 6) is -1.19. The summed E-state index contributed by atoms with van der Waals surface area (Å²) >= 11 is 0. The van der Waals surface area contributed by atoms with Crippen LogP contribution in [0.2, 0.25) is 0 Å². The summed E-state index contributed by atoms with van der Waals surface area (Å²) < 4.78 is 93.1. The van der Waals surface area contributed by atoms with Crippen molar-refractivity contribution in [2.24, 2.45) is 0 Å². The number of rotatable bonds is 9. The quantitative estimate of drug-likeness (QED) is 0.194. The summed E-state index contributed by atoms with van der Waals surface area (Å²) in [6.45, 7) is 2.99. The van der Waals surface area contributed by atoms with E-state index in [4.69, 9.17) is 14.6 Å². The van der Waals surface area contributed by atoms with Gasteiger partial charge in [0.25, 0.3) is 0 Å². The Bertz CT molecular complexity index is 1560. The number of amides is 1. The maximum Gasteiger partial charge on any atom is 0.416 e. The molecule has 0 saturated carbocycles. The number of carboxylic acids is 1. The highest BCUT2D eigenvalue weighted by atomic mass is 19.4. The predicted octanol–water partition coefficient (Wildman–Crippen LogP) is 6.91. The van der Waals surface area contributed by atoms with Gasteiger partial charge in [0, 0.05) is 42.7 Å². The summed E-state index contributed by atoms with van der Waals surface area (Å²) in [5.41, 5.74) is -2.53. The third-order valence-corrected chi connectivity index (χ3v) is 7.17. The number of benzene rings is 1. The minimum absolute atomic E-state index is 0.0422. The summed E-state index contributed by atoms with van der Waals surface area (Å²) in [4.78, 5) is 39.9. The number of methoxy groups -OCH3 is 1. The van der Waals surface area contributed by atoms with Crippen LogP contribution in [0.15, 0.2) is 48.8 Å². The van der Waals surface area contributed by atoms with E-state index in [9.17, 15) is 35.9 Å². The molecular formula is C30H29F6N5O5. The van der Waals surface area contributed by atoms with Gasteiger partial charge in [0.1, 0.15) is 0 Å². The van der Waals surface area contributed by atoms with Crippen LogP contribution in [0, 0.1) is 0 Å². The summed E-state index contributed by atoms with van der Waals surface area (Å²) in [6.07, 6.45) is -5.73. The number of fused-ring (bicyclic) bond motifs is 1. The molecule has 3 aromatic rings. The predicted molar refractivity (Wildman–Crippen MR) is 153 cm³/mol. The van der Waals surface area contributed by atoms with Crippen LogP contribution in [-0.4, -0.2) is 51.9 Å². The average molecular weight is 654 g/mol. The van der Waals surface area contributed by atoms with Gasteiger partial charge in [0.2, 0.25) is 11.8 Å². The highest BCUT2D eigenvalue weighted by Gasteiger charge is 2.42. The average Bonchev–Trinajstić information content (AvgIpc) is 3.01. The molecule has 3 heterocycles. The molecular weight excluding hydrogens is 624 g/mol. The van der Waals surface area contributed by atoms with E-state index in [0.29, 0.717) is 24.2 Å². The van der Waals surface area contributed by atoms with E-state index in [1.807, 2.05) is 6.92 Å². The van der Waals surface area contributed by atoms with Crippen molar-refractivity contribution in [2.45, 2.75) is 57.7 Å². The summed E-state index contributed by atoms with van der Waals surface area (Å²) in [5, 5.41) is 8.94. The van der Waals surface area contributed by atoms with Crippen molar-refractivity contribution in [3.8, 4) is 5.88 Å². The molecule has 4 rings (SSSR count). The number of hydrogen-bond donors (Lipinski definition) is 1. The van der Waals surface area contributed by atoms with E-state index < -0.39 is 54.2 Å². The molecule has 0 fully saturated rings. The second-order valence-corrected chi connectivity index (χ2v) is 10.2. The van der Waals surface area contributed by atoms with E-state index in [1.165, 1.54) is 41.4 Å². The number of halogens is 6. The van der Waals surface area contributed by atoms with Crippen molar-refractivity contribution in [3.63, 3.8) is 0 Å². The van der Waals surface area contributed by atoms with Crippen LogP contribution in [-0.2, 0) is 28.4 Å². The fraction of sp³-hybridized carbons (Fsp3) is 0.367. The lowest BCUT2D eigenvalue weighted by Crippen LogP contribution is -2.48. The second kappa shape index (κ2) is 13.6. The van der Waals surface area contributed by atoms with Crippen LogP contribution < -0.4 is 14.5 Å². The van der Waals surface area contributed by atoms with Crippen molar-refractivity contribution in [1.82, 2.24) is 15.0 Å². The standard InChI is InChI=1S/C30H29F6N5O5/c1-4-21-13-23(26-22(7-8-24(39-26)45-3)41(21)28(44)46-5-2)40(27-37-14-17(15-38-27)6-9-25(42)43)16-18-10-19(29(31,32)33)12-20(11-18)30(34,35)36/h6-12,14-15,21,23H,4-5,13,16H2,1-3H3,(H,42,43)/b9-6+/t21-,23?/m1/s1. The molecule has 2 aromatic heterocycles. The van der Waals surface area contributed by atoms with Gasteiger partial charge in [-0.3, -0.25) is 4.90 Å².